The van der Waals surface area contributed by atoms with Crippen molar-refractivity contribution in [1.82, 2.24) is 4.57 Å². The molecule has 3 aliphatic carbocycles. The summed E-state index contributed by atoms with van der Waals surface area (Å²) in [5.41, 5.74) is 5.88. The highest BCUT2D eigenvalue weighted by molar-refractivity contribution is 7.99. The Hall–Kier alpha value is -8.46. The topological polar surface area (TPSA) is 432 Å². The SMILES string of the molecule is CC(=O)[O-].CC(=O)[O-].CC(=O)[O-].CC(=O)[O-].CC(=O)[O-].CC(C)(C)c1ccc([SH2+])cc1.CC(C)C(=O)C(C)(C)[S+]1CCCC1.CS(=O)(=O)[O-].CS(=O)(=O)[O-].CS(=O)(=O)[O-].Cc1ccc([SH+]c2ccccc2)cc1.Cn1c([S+]2CCCC2)cc2ccccc21.O=C(C1CCCCC1)C1([S+]2CCCC2)CCCCC1.Oc1ccc([SH+]c2ccccc2)cc1.[SH2+]c1ccccc1.c1ccc([SH+]c2ccc(C3CCCCC3)cc2)cc1. The first-order valence-electron chi connectivity index (χ1n) is 48.9. The summed E-state index contributed by atoms with van der Waals surface area (Å²) in [5.74, 6) is 5.67. The Morgan fingerprint density at radius 3 is 1.06 bits per heavy atom. The average molecular weight is 2230 g/mol. The molecule has 0 amide bonds. The predicted octanol–water partition coefficient (Wildman–Crippen LogP) is 15.1. The highest BCUT2D eigenvalue weighted by Crippen LogP contribution is 2.45. The second-order valence-electron chi connectivity index (χ2n) is 37.1. The maximum absolute atomic E-state index is 13.3. The molecule has 10 aromatic rings. The minimum absolute atomic E-state index is 0.0509. The Morgan fingerprint density at radius 1 is 0.408 bits per heavy atom. The van der Waals surface area contributed by atoms with Crippen molar-refractivity contribution in [2.45, 2.75) is 290 Å². The number of para-hydroxylation sites is 1. The monoisotopic (exact) mass is 2230 g/mol. The number of carbonyl (C=O) groups excluding carboxylic acids is 7. The Labute approximate surface area is 909 Å². The molecular weight excluding hydrogens is 2080 g/mol. The van der Waals surface area contributed by atoms with E-state index in [9.17, 15) is 9.59 Å². The van der Waals surface area contributed by atoms with Crippen LogP contribution in [0.1, 0.15) is 241 Å². The van der Waals surface area contributed by atoms with Gasteiger partial charge in [0.25, 0.3) is 0 Å². The first-order valence-corrected chi connectivity index (χ1v) is 62.7. The number of aliphatic carboxylic acids is 5. The number of benzene rings is 9. The number of carbonyl (C=O) groups is 7. The zero-order chi connectivity index (χ0) is 111. The Morgan fingerprint density at radius 2 is 0.714 bits per heavy atom. The summed E-state index contributed by atoms with van der Waals surface area (Å²) in [4.78, 5) is 79.8. The van der Waals surface area contributed by atoms with Crippen LogP contribution in [0.4, 0.5) is 0 Å². The number of carboxylic acid groups (broad SMARTS) is 5. The minimum atomic E-state index is -3.92. The highest BCUT2D eigenvalue weighted by Gasteiger charge is 2.56. The first-order chi connectivity index (χ1) is 68.8. The lowest BCUT2D eigenvalue weighted by atomic mass is 9.76. The van der Waals surface area contributed by atoms with E-state index in [-0.39, 0.29) is 20.8 Å². The number of hydrogen-bond donors (Lipinski definition) is 1. The van der Waals surface area contributed by atoms with Gasteiger partial charge in [0, 0.05) is 160 Å². The average Bonchev–Trinajstić information content (AvgIpc) is 1.76. The number of carboxylic acids is 5. The lowest BCUT2D eigenvalue weighted by Gasteiger charge is -2.37. The van der Waals surface area contributed by atoms with Gasteiger partial charge in [-0.1, -0.05) is 213 Å². The van der Waals surface area contributed by atoms with Gasteiger partial charge in [0.05, 0.1) is 35.9 Å². The molecule has 3 saturated carbocycles. The van der Waals surface area contributed by atoms with E-state index in [2.05, 4.69) is 248 Å². The highest BCUT2D eigenvalue weighted by atomic mass is 32.2. The van der Waals surface area contributed by atoms with Crippen LogP contribution in [0.25, 0.3) is 10.9 Å². The minimum Gasteiger partial charge on any atom is -0.748 e. The maximum Gasteiger partial charge on any atom is 0.228 e. The van der Waals surface area contributed by atoms with Crippen molar-refractivity contribution < 1.29 is 103 Å². The van der Waals surface area contributed by atoms with E-state index < -0.39 is 60.2 Å². The predicted molar refractivity (Wildman–Crippen MR) is 607 cm³/mol. The van der Waals surface area contributed by atoms with Crippen molar-refractivity contribution >= 4 is 176 Å². The van der Waals surface area contributed by atoms with Crippen molar-refractivity contribution in [1.29, 1.82) is 0 Å². The Kier molecular flexibility index (Phi) is 69.2. The van der Waals surface area contributed by atoms with E-state index in [1.54, 1.807) is 22.7 Å². The number of aryl methyl sites for hydroxylation is 2. The lowest BCUT2D eigenvalue weighted by Crippen LogP contribution is -2.51. The van der Waals surface area contributed by atoms with Crippen LogP contribution in [-0.4, -0.2) is 153 Å². The fraction of sp³-hybridized carbons (Fsp3) is 0.442. The van der Waals surface area contributed by atoms with E-state index in [1.807, 2.05) is 80.6 Å². The van der Waals surface area contributed by atoms with Crippen molar-refractivity contribution in [3.05, 3.63) is 265 Å². The van der Waals surface area contributed by atoms with Gasteiger partial charge in [-0.05, 0) is 295 Å². The third-order valence-corrected chi connectivity index (χ3v) is 35.2. The van der Waals surface area contributed by atoms with Crippen LogP contribution in [0.5, 0.6) is 5.75 Å². The van der Waals surface area contributed by atoms with Crippen molar-refractivity contribution in [2.75, 3.05) is 53.3 Å². The normalized spacial score (nSPS) is 14.7. The fourth-order valence-corrected chi connectivity index (χ4v) is 27.6. The number of ketones is 2. The molecule has 0 radical (unpaired) electrons. The second kappa shape index (κ2) is 74.5. The summed E-state index contributed by atoms with van der Waals surface area (Å²) in [6.07, 6.45) is 30.0. The van der Waals surface area contributed by atoms with Gasteiger partial charge in [-0.15, -0.1) is 0 Å². The summed E-state index contributed by atoms with van der Waals surface area (Å²) in [5, 5.41) is 56.5. The van der Waals surface area contributed by atoms with Gasteiger partial charge < -0.3 is 72.8 Å². The van der Waals surface area contributed by atoms with Crippen LogP contribution in [0.3, 0.4) is 0 Å². The largest absolute Gasteiger partial charge is 0.748 e. The summed E-state index contributed by atoms with van der Waals surface area (Å²) in [7, 11) is -8.20. The van der Waals surface area contributed by atoms with Gasteiger partial charge in [0.2, 0.25) is 5.03 Å². The van der Waals surface area contributed by atoms with Crippen molar-refractivity contribution in [3.63, 3.8) is 0 Å². The molecule has 0 unspecified atom stereocenters. The summed E-state index contributed by atoms with van der Waals surface area (Å²) in [6, 6.07) is 86.3. The number of aromatic hydroxyl groups is 1. The molecule has 6 fully saturated rings. The quantitative estimate of drug-likeness (QED) is 0.0600. The van der Waals surface area contributed by atoms with E-state index in [1.165, 1.54) is 256 Å². The van der Waals surface area contributed by atoms with Crippen LogP contribution in [0.2, 0.25) is 0 Å². The van der Waals surface area contributed by atoms with Crippen LogP contribution in [0, 0.1) is 18.8 Å². The maximum atomic E-state index is 13.3. The standard InChI is InChI=1S/C18H20S.C17H29OS.C13H16NS.C13H12S.C12H10OS.C11H21OS.C10H14S.C6H6S.5C2H4O2.3CH4O3S/c1-3-7-15(8-4-1)16-11-13-18(14-12-16)19-17-9-5-2-6-10-17;18-16(15-9-3-1-4-10-15)17(11-5-2-6-12-17)19-13-7-8-14-19;1-14-12-7-3-2-6-11(12)10-13(14)15-8-4-5-9-15;1-11-7-9-13(10-8-11)14-12-5-3-2-4-6-12;13-10-6-8-12(9-7-10)14-11-4-2-1-3-5-11;1-9(2)10(12)11(3,4)13-7-5-6-8-13;1-10(2,3)8-4-6-9(11)7-5-8;7-6-4-2-1-3-5-6;5*1-2(3)4;3*1-5(2,3)4/h2,5-6,9-15H,1,3-4,7-8H2;15H,1-14H2;2-3,6-7,10H,4-5,8-9H2,1H3;2-10H,1H3;1-9,13H;9H,5-8H2,1-4H3;4-7,11H,1-3H3;1-5,7H;5*1H3,(H,3,4);3*1H3,(H,2,3,4)/q;2*+1;;;+1;;;;;;;;;;/p-3. The smallest absolute Gasteiger partial charge is 0.228 e. The number of phenolic OH excluding ortho intramolecular Hbond substituents is 1. The second-order valence-corrected chi connectivity index (χ2v) is 53.9. The number of thiol groups is 3. The van der Waals surface area contributed by atoms with Gasteiger partial charge in [0.15, 0.2) is 50.4 Å². The van der Waals surface area contributed by atoms with Gasteiger partial charge in [-0.3, -0.25) is 9.59 Å². The third kappa shape index (κ3) is 68.9. The molecule has 4 heterocycles. The van der Waals surface area contributed by atoms with Gasteiger partial charge in [-0.25, -0.2) is 25.3 Å². The zero-order valence-corrected chi connectivity index (χ0v) is 97.8. The van der Waals surface area contributed by atoms with E-state index in [4.69, 9.17) is 93.5 Å². The Bertz CT molecular complexity index is 5440. The first kappa shape index (κ1) is 137. The molecule has 16 rings (SSSR count). The van der Waals surface area contributed by atoms with Crippen molar-refractivity contribution in [2.24, 2.45) is 18.9 Å². The number of aromatic nitrogens is 1. The van der Waals surface area contributed by atoms with Gasteiger partial charge in [-0.2, -0.15) is 0 Å². The van der Waals surface area contributed by atoms with Gasteiger partial charge in [0.1, 0.15) is 50.1 Å². The molecule has 23 nitrogen and oxygen atoms in total. The molecule has 34 heteroatoms. The fourth-order valence-electron chi connectivity index (χ4n) is 15.8. The third-order valence-electron chi connectivity index (χ3n) is 22.2. The molecule has 3 aliphatic heterocycles. The van der Waals surface area contributed by atoms with Crippen LogP contribution < -0.4 is 25.5 Å². The number of Topliss-reactive ketones (excluding diaryl/α,β-unsaturated/α-hetero) is 2. The molecule has 6 aliphatic rings. The molecular formula is C113H157NO22S11. The number of hydrogen-bond acceptors (Lipinski definition) is 22. The summed E-state index contributed by atoms with van der Waals surface area (Å²) < 4.78 is 84.2. The number of nitrogens with zero attached hydrogens (tertiary/aromatic N) is 1. The number of phenols is 1. The zero-order valence-electron chi connectivity index (χ0n) is 88.3. The van der Waals surface area contributed by atoms with Crippen LogP contribution in [-0.2, 0) is 170 Å². The molecule has 147 heavy (non-hydrogen) atoms. The molecule has 0 atom stereocenters. The van der Waals surface area contributed by atoms with Crippen LogP contribution in [0.15, 0.2) is 293 Å². The number of fused-ring (bicyclic) bond motifs is 1. The van der Waals surface area contributed by atoms with E-state index >= 15 is 0 Å². The van der Waals surface area contributed by atoms with Gasteiger partial charge >= 0.3 is 0 Å². The molecule has 3 saturated heterocycles. The summed E-state index contributed by atoms with van der Waals surface area (Å²) in [6.45, 7) is 21.9. The molecule has 1 aromatic heterocycles. The molecule has 9 aromatic carbocycles. The molecule has 1 N–H and O–H groups in total. The summed E-state index contributed by atoms with van der Waals surface area (Å²) >= 11 is 10.6. The lowest BCUT2D eigenvalue weighted by molar-refractivity contribution is -0.303. The van der Waals surface area contributed by atoms with Crippen LogP contribution >= 0.6 is 0 Å². The molecule has 0 spiro atoms. The Balaban J connectivity index is 0.000000808. The van der Waals surface area contributed by atoms with E-state index in [0.717, 1.165) is 56.1 Å². The van der Waals surface area contributed by atoms with E-state index in [0.29, 0.717) is 68.9 Å². The number of rotatable bonds is 14. The van der Waals surface area contributed by atoms with Crippen molar-refractivity contribution in [3.8, 4) is 5.75 Å². The molecule has 812 valence electrons. The molecule has 0 bridgehead atoms.